The molecule has 150 valence electrons. The van der Waals surface area contributed by atoms with E-state index in [2.05, 4.69) is 81.0 Å². The van der Waals surface area contributed by atoms with Crippen LogP contribution in [0, 0.1) is 6.92 Å². The number of benzene rings is 2. The van der Waals surface area contributed by atoms with Crippen molar-refractivity contribution in [2.24, 2.45) is 0 Å². The van der Waals surface area contributed by atoms with Crippen molar-refractivity contribution in [3.63, 3.8) is 0 Å². The third-order valence-corrected chi connectivity index (χ3v) is 5.22. The molecule has 0 spiro atoms. The summed E-state index contributed by atoms with van der Waals surface area (Å²) in [5.74, 6) is 1.08. The number of aromatic nitrogens is 2. The lowest BCUT2D eigenvalue weighted by atomic mass is 9.99. The van der Waals surface area contributed by atoms with Crippen LogP contribution in [0.15, 0.2) is 54.7 Å². The van der Waals surface area contributed by atoms with Gasteiger partial charge in [-0.25, -0.2) is 4.98 Å². The van der Waals surface area contributed by atoms with Crippen LogP contribution in [0.1, 0.15) is 12.0 Å². The summed E-state index contributed by atoms with van der Waals surface area (Å²) in [5, 5.41) is 6.83. The average molecular weight is 389 g/mol. The fraction of sp³-hybridized carbons (Fsp3) is 0.304. The lowest BCUT2D eigenvalue weighted by Gasteiger charge is -2.15. The van der Waals surface area contributed by atoms with E-state index in [1.807, 2.05) is 6.20 Å². The summed E-state index contributed by atoms with van der Waals surface area (Å²) in [6.07, 6.45) is 2.86. The van der Waals surface area contributed by atoms with Crippen molar-refractivity contribution >= 4 is 11.8 Å². The summed E-state index contributed by atoms with van der Waals surface area (Å²) in [7, 11) is 0. The number of nitrogens with one attached hydrogen (secondary N) is 2. The second-order valence-corrected chi connectivity index (χ2v) is 7.50. The summed E-state index contributed by atoms with van der Waals surface area (Å²) in [5.41, 5.74) is 11.5. The molecule has 29 heavy (non-hydrogen) atoms. The summed E-state index contributed by atoms with van der Waals surface area (Å²) in [6.45, 7) is 7.21. The van der Waals surface area contributed by atoms with E-state index < -0.39 is 0 Å². The molecule has 1 fully saturated rings. The van der Waals surface area contributed by atoms with Crippen molar-refractivity contribution in [1.82, 2.24) is 20.2 Å². The Kier molecular flexibility index (Phi) is 6.03. The second-order valence-electron chi connectivity index (χ2n) is 7.50. The first-order valence-electron chi connectivity index (χ1n) is 10.2. The van der Waals surface area contributed by atoms with Crippen LogP contribution in [-0.4, -0.2) is 47.7 Å². The van der Waals surface area contributed by atoms with Gasteiger partial charge in [0.25, 0.3) is 0 Å². The Balaban J connectivity index is 1.52. The lowest BCUT2D eigenvalue weighted by Crippen LogP contribution is -2.24. The molecule has 3 aromatic rings. The molecule has 0 atom stereocenters. The maximum atomic E-state index is 5.87. The molecule has 1 saturated heterocycles. The normalized spacial score (nSPS) is 14.2. The van der Waals surface area contributed by atoms with Gasteiger partial charge in [-0.15, -0.1) is 0 Å². The SMILES string of the molecule is Cc1cccc(-c2cccc(-c3cnc(N)nc3NCCCN3CCNC3)c2)c1. The molecule has 1 aliphatic heterocycles. The van der Waals surface area contributed by atoms with Gasteiger partial charge >= 0.3 is 0 Å². The van der Waals surface area contributed by atoms with E-state index in [1.165, 1.54) is 16.7 Å². The number of anilines is 2. The Morgan fingerprint density at radius 1 is 1.10 bits per heavy atom. The number of hydrogen-bond donors (Lipinski definition) is 3. The van der Waals surface area contributed by atoms with Gasteiger partial charge in [0.05, 0.1) is 0 Å². The Hall–Kier alpha value is -2.96. The first-order chi connectivity index (χ1) is 14.2. The van der Waals surface area contributed by atoms with Gasteiger partial charge in [0, 0.05) is 44.6 Å². The molecule has 6 nitrogen and oxygen atoms in total. The zero-order valence-electron chi connectivity index (χ0n) is 16.9. The molecule has 0 radical (unpaired) electrons. The predicted octanol–water partition coefficient (Wildman–Crippen LogP) is 3.37. The number of aryl methyl sites for hydroxylation is 1. The number of nitrogens with zero attached hydrogens (tertiary/aromatic N) is 3. The Morgan fingerprint density at radius 2 is 1.90 bits per heavy atom. The van der Waals surface area contributed by atoms with Gasteiger partial charge in [0.2, 0.25) is 5.95 Å². The number of hydrogen-bond acceptors (Lipinski definition) is 6. The molecule has 2 heterocycles. The van der Waals surface area contributed by atoms with E-state index >= 15 is 0 Å². The maximum Gasteiger partial charge on any atom is 0.221 e. The van der Waals surface area contributed by atoms with Gasteiger partial charge in [-0.05, 0) is 36.1 Å². The third-order valence-electron chi connectivity index (χ3n) is 5.22. The second kappa shape index (κ2) is 9.03. The van der Waals surface area contributed by atoms with Crippen molar-refractivity contribution in [2.75, 3.05) is 43.9 Å². The van der Waals surface area contributed by atoms with Gasteiger partial charge in [-0.1, -0.05) is 48.0 Å². The number of nitrogen functional groups attached to an aromatic ring is 1. The molecule has 0 saturated carbocycles. The highest BCUT2D eigenvalue weighted by atomic mass is 15.3. The van der Waals surface area contributed by atoms with Crippen LogP contribution in [0.2, 0.25) is 0 Å². The van der Waals surface area contributed by atoms with Crippen molar-refractivity contribution in [1.29, 1.82) is 0 Å². The molecular formula is C23H28N6. The minimum Gasteiger partial charge on any atom is -0.369 e. The first kappa shape index (κ1) is 19.4. The maximum absolute atomic E-state index is 5.87. The number of rotatable bonds is 7. The van der Waals surface area contributed by atoms with Crippen LogP contribution in [0.5, 0.6) is 0 Å². The fourth-order valence-corrected chi connectivity index (χ4v) is 3.69. The van der Waals surface area contributed by atoms with Crippen molar-refractivity contribution in [3.8, 4) is 22.3 Å². The van der Waals surface area contributed by atoms with E-state index in [4.69, 9.17) is 5.73 Å². The smallest absolute Gasteiger partial charge is 0.221 e. The van der Waals surface area contributed by atoms with Gasteiger partial charge in [-0.2, -0.15) is 4.98 Å². The van der Waals surface area contributed by atoms with Crippen LogP contribution in [0.4, 0.5) is 11.8 Å². The molecule has 6 heteroatoms. The molecular weight excluding hydrogens is 360 g/mol. The largest absolute Gasteiger partial charge is 0.369 e. The molecule has 0 bridgehead atoms. The molecule has 2 aromatic carbocycles. The van der Waals surface area contributed by atoms with Crippen molar-refractivity contribution in [2.45, 2.75) is 13.3 Å². The van der Waals surface area contributed by atoms with Gasteiger partial charge in [0.15, 0.2) is 0 Å². The monoisotopic (exact) mass is 388 g/mol. The van der Waals surface area contributed by atoms with E-state index in [9.17, 15) is 0 Å². The summed E-state index contributed by atoms with van der Waals surface area (Å²) in [4.78, 5) is 11.1. The predicted molar refractivity (Wildman–Crippen MR) is 120 cm³/mol. The standard InChI is InChI=1S/C23H28N6/c1-17-5-2-6-18(13-17)19-7-3-8-20(14-19)21-15-27-23(24)28-22(21)26-9-4-11-29-12-10-25-16-29/h2-3,5-8,13-15,25H,4,9-12,16H2,1H3,(H3,24,26,27,28). The first-order valence-corrected chi connectivity index (χ1v) is 10.2. The lowest BCUT2D eigenvalue weighted by molar-refractivity contribution is 0.333. The van der Waals surface area contributed by atoms with Crippen LogP contribution in [0.25, 0.3) is 22.3 Å². The summed E-state index contributed by atoms with van der Waals surface area (Å²) >= 11 is 0. The Labute approximate surface area is 172 Å². The molecule has 0 aliphatic carbocycles. The van der Waals surface area contributed by atoms with E-state index in [1.54, 1.807) is 0 Å². The van der Waals surface area contributed by atoms with Crippen molar-refractivity contribution < 1.29 is 0 Å². The van der Waals surface area contributed by atoms with E-state index in [0.29, 0.717) is 0 Å². The zero-order valence-corrected chi connectivity index (χ0v) is 16.9. The molecule has 4 N–H and O–H groups in total. The minimum atomic E-state index is 0.287. The highest BCUT2D eigenvalue weighted by molar-refractivity contribution is 5.79. The highest BCUT2D eigenvalue weighted by Gasteiger charge is 2.12. The summed E-state index contributed by atoms with van der Waals surface area (Å²) < 4.78 is 0. The zero-order chi connectivity index (χ0) is 20.1. The Morgan fingerprint density at radius 3 is 2.69 bits per heavy atom. The number of nitrogens with two attached hydrogens (primary N) is 1. The van der Waals surface area contributed by atoms with Crippen LogP contribution < -0.4 is 16.4 Å². The fourth-order valence-electron chi connectivity index (χ4n) is 3.69. The topological polar surface area (TPSA) is 79.1 Å². The van der Waals surface area contributed by atoms with E-state index in [0.717, 1.165) is 56.2 Å². The average Bonchev–Trinajstić information content (AvgIpc) is 3.25. The van der Waals surface area contributed by atoms with Crippen LogP contribution in [-0.2, 0) is 0 Å². The molecule has 0 amide bonds. The third kappa shape index (κ3) is 4.91. The van der Waals surface area contributed by atoms with E-state index in [-0.39, 0.29) is 5.95 Å². The highest BCUT2D eigenvalue weighted by Crippen LogP contribution is 2.30. The summed E-state index contributed by atoms with van der Waals surface area (Å²) in [6, 6.07) is 17.0. The van der Waals surface area contributed by atoms with Gasteiger partial charge < -0.3 is 16.4 Å². The Bertz CT molecular complexity index is 965. The quantitative estimate of drug-likeness (QED) is 0.539. The van der Waals surface area contributed by atoms with Crippen LogP contribution in [0.3, 0.4) is 0 Å². The van der Waals surface area contributed by atoms with Gasteiger partial charge in [0.1, 0.15) is 5.82 Å². The molecule has 0 unspecified atom stereocenters. The van der Waals surface area contributed by atoms with Crippen LogP contribution >= 0.6 is 0 Å². The van der Waals surface area contributed by atoms with Crippen molar-refractivity contribution in [3.05, 3.63) is 60.3 Å². The van der Waals surface area contributed by atoms with Gasteiger partial charge in [-0.3, -0.25) is 4.90 Å². The molecule has 1 aromatic heterocycles. The molecule has 1 aliphatic rings. The molecule has 4 rings (SSSR count). The minimum absolute atomic E-state index is 0.287.